The van der Waals surface area contributed by atoms with E-state index in [-0.39, 0.29) is 28.8 Å². The van der Waals surface area contributed by atoms with Crippen LogP contribution >= 0.6 is 0 Å². The summed E-state index contributed by atoms with van der Waals surface area (Å²) >= 11 is 0. The number of hydrogen-bond acceptors (Lipinski definition) is 6. The minimum atomic E-state index is -0.898. The van der Waals surface area contributed by atoms with Gasteiger partial charge in [-0.25, -0.2) is 18.7 Å². The average molecular weight is 332 g/mol. The first-order valence-electron chi connectivity index (χ1n) is 6.88. The number of methoxy groups -OCH3 is 2. The van der Waals surface area contributed by atoms with Crippen LogP contribution < -0.4 is 20.9 Å². The topological polar surface area (TPSA) is 96.3 Å². The molecule has 0 radical (unpaired) electrons. The normalized spacial score (nSPS) is 10.8. The van der Waals surface area contributed by atoms with Gasteiger partial charge in [0.2, 0.25) is 0 Å². The van der Waals surface area contributed by atoms with Crippen molar-refractivity contribution in [1.82, 2.24) is 9.97 Å². The molecule has 0 aliphatic carbocycles. The van der Waals surface area contributed by atoms with Gasteiger partial charge in [0.1, 0.15) is 11.6 Å². The number of benzene rings is 1. The first-order valence-corrected chi connectivity index (χ1v) is 6.88. The molecule has 0 saturated carbocycles. The maximum Gasteiger partial charge on any atom is 0.177 e. The Morgan fingerprint density at radius 1 is 0.958 bits per heavy atom. The zero-order chi connectivity index (χ0) is 17.4. The monoisotopic (exact) mass is 332 g/mol. The number of nitrogens with zero attached hydrogens (tertiary/aromatic N) is 2. The third-order valence-electron chi connectivity index (χ3n) is 3.59. The van der Waals surface area contributed by atoms with Gasteiger partial charge in [0, 0.05) is 23.0 Å². The molecule has 6 nitrogen and oxygen atoms in total. The molecule has 0 bridgehead atoms. The van der Waals surface area contributed by atoms with Gasteiger partial charge in [0.15, 0.2) is 23.1 Å². The lowest BCUT2D eigenvalue weighted by Crippen LogP contribution is -2.02. The van der Waals surface area contributed by atoms with E-state index < -0.39 is 17.2 Å². The number of nitrogens with two attached hydrogens (primary N) is 2. The molecule has 0 fully saturated rings. The zero-order valence-corrected chi connectivity index (χ0v) is 12.9. The molecule has 0 unspecified atom stereocenters. The molecule has 2 aromatic heterocycles. The largest absolute Gasteiger partial charge is 0.494 e. The first-order chi connectivity index (χ1) is 11.5. The molecule has 4 N–H and O–H groups in total. The van der Waals surface area contributed by atoms with Gasteiger partial charge in [-0.05, 0) is 12.1 Å². The van der Waals surface area contributed by atoms with Crippen molar-refractivity contribution in [2.75, 3.05) is 25.7 Å². The molecule has 2 heterocycles. The number of rotatable bonds is 3. The highest BCUT2D eigenvalue weighted by Crippen LogP contribution is 2.38. The lowest BCUT2D eigenvalue weighted by Gasteiger charge is -2.13. The van der Waals surface area contributed by atoms with Crippen molar-refractivity contribution in [1.29, 1.82) is 0 Å². The van der Waals surface area contributed by atoms with Crippen LogP contribution in [0, 0.1) is 11.6 Å². The summed E-state index contributed by atoms with van der Waals surface area (Å²) in [6.45, 7) is 0. The SMILES string of the molecule is COc1cc(OC)c(F)c(-c2cc3cnc(N)cc3c(N)n2)c1F. The summed E-state index contributed by atoms with van der Waals surface area (Å²) in [5.41, 5.74) is 11.1. The van der Waals surface area contributed by atoms with Crippen molar-refractivity contribution in [3.8, 4) is 22.8 Å². The lowest BCUT2D eigenvalue weighted by molar-refractivity contribution is 0.359. The van der Waals surface area contributed by atoms with Crippen molar-refractivity contribution in [2.45, 2.75) is 0 Å². The Balaban J connectivity index is 2.33. The van der Waals surface area contributed by atoms with E-state index in [2.05, 4.69) is 9.97 Å². The highest BCUT2D eigenvalue weighted by Gasteiger charge is 2.23. The predicted molar refractivity (Wildman–Crippen MR) is 86.8 cm³/mol. The van der Waals surface area contributed by atoms with E-state index in [1.54, 1.807) is 6.07 Å². The molecule has 1 aromatic carbocycles. The van der Waals surface area contributed by atoms with Gasteiger partial charge >= 0.3 is 0 Å². The van der Waals surface area contributed by atoms with Gasteiger partial charge in [-0.3, -0.25) is 0 Å². The van der Waals surface area contributed by atoms with Crippen LogP contribution in [0.3, 0.4) is 0 Å². The van der Waals surface area contributed by atoms with Gasteiger partial charge in [0.05, 0.1) is 25.5 Å². The first kappa shape index (κ1) is 15.7. The third-order valence-corrected chi connectivity index (χ3v) is 3.59. The number of ether oxygens (including phenoxy) is 2. The maximum absolute atomic E-state index is 14.6. The van der Waals surface area contributed by atoms with Crippen molar-refractivity contribution in [3.63, 3.8) is 0 Å². The van der Waals surface area contributed by atoms with Crippen LogP contribution in [0.4, 0.5) is 20.4 Å². The van der Waals surface area contributed by atoms with Gasteiger partial charge in [-0.1, -0.05) is 0 Å². The summed E-state index contributed by atoms with van der Waals surface area (Å²) in [4.78, 5) is 8.04. The Morgan fingerprint density at radius 2 is 1.58 bits per heavy atom. The quantitative estimate of drug-likeness (QED) is 0.765. The zero-order valence-electron chi connectivity index (χ0n) is 12.9. The Kier molecular flexibility index (Phi) is 3.80. The van der Waals surface area contributed by atoms with E-state index in [1.165, 1.54) is 26.5 Å². The minimum absolute atomic E-state index is 0.00114. The number of pyridine rings is 2. The molecule has 3 aromatic rings. The molecule has 0 aliphatic rings. The highest BCUT2D eigenvalue weighted by atomic mass is 19.1. The maximum atomic E-state index is 14.6. The van der Waals surface area contributed by atoms with Crippen molar-refractivity contribution >= 4 is 22.4 Å². The Labute approximate surface area is 136 Å². The molecule has 24 heavy (non-hydrogen) atoms. The van der Waals surface area contributed by atoms with Crippen LogP contribution in [0.25, 0.3) is 22.0 Å². The van der Waals surface area contributed by atoms with Crippen LogP contribution in [0.1, 0.15) is 0 Å². The Hall–Kier alpha value is -3.16. The second-order valence-electron chi connectivity index (χ2n) is 5.01. The van der Waals surface area contributed by atoms with E-state index in [0.29, 0.717) is 10.8 Å². The van der Waals surface area contributed by atoms with Crippen molar-refractivity contribution in [2.24, 2.45) is 0 Å². The number of anilines is 2. The van der Waals surface area contributed by atoms with Crippen LogP contribution in [-0.4, -0.2) is 24.2 Å². The summed E-state index contributed by atoms with van der Waals surface area (Å²) in [5.74, 6) is -1.78. The lowest BCUT2D eigenvalue weighted by atomic mass is 10.1. The molecule has 0 amide bonds. The Bertz CT molecular complexity index is 919. The molecule has 8 heteroatoms. The van der Waals surface area contributed by atoms with Crippen LogP contribution in [-0.2, 0) is 0 Å². The van der Waals surface area contributed by atoms with Crippen molar-refractivity contribution in [3.05, 3.63) is 36.0 Å². The predicted octanol–water partition coefficient (Wildman–Crippen LogP) is 2.76. The number of fused-ring (bicyclic) bond motifs is 1. The van der Waals surface area contributed by atoms with Gasteiger partial charge < -0.3 is 20.9 Å². The van der Waals surface area contributed by atoms with E-state index in [9.17, 15) is 8.78 Å². The molecule has 3 rings (SSSR count). The van der Waals surface area contributed by atoms with Crippen LogP contribution in [0.5, 0.6) is 11.5 Å². The van der Waals surface area contributed by atoms with Crippen LogP contribution in [0.15, 0.2) is 24.4 Å². The average Bonchev–Trinajstić information content (AvgIpc) is 2.56. The van der Waals surface area contributed by atoms with Gasteiger partial charge in [-0.2, -0.15) is 0 Å². The molecule has 0 spiro atoms. The standard InChI is InChI=1S/C16H14F2N4O2/c1-23-10-5-11(24-2)15(18)13(14(10)17)9-3-7-6-21-12(19)4-8(7)16(20)22-9/h3-6H,1-2H3,(H2,19,21)(H2,20,22). The summed E-state index contributed by atoms with van der Waals surface area (Å²) in [6, 6.07) is 4.14. The Morgan fingerprint density at radius 3 is 2.17 bits per heavy atom. The second kappa shape index (κ2) is 5.80. The number of nitrogen functional groups attached to an aromatic ring is 2. The fourth-order valence-electron chi connectivity index (χ4n) is 2.43. The molecule has 124 valence electrons. The second-order valence-corrected chi connectivity index (χ2v) is 5.01. The summed E-state index contributed by atoms with van der Waals surface area (Å²) < 4.78 is 39.0. The number of halogens is 2. The molecular formula is C16H14F2N4O2. The number of aromatic nitrogens is 2. The molecule has 0 atom stereocenters. The van der Waals surface area contributed by atoms with E-state index in [4.69, 9.17) is 20.9 Å². The molecule has 0 saturated heterocycles. The molecular weight excluding hydrogens is 318 g/mol. The van der Waals surface area contributed by atoms with Gasteiger partial charge in [-0.15, -0.1) is 0 Å². The van der Waals surface area contributed by atoms with E-state index >= 15 is 0 Å². The smallest absolute Gasteiger partial charge is 0.177 e. The fraction of sp³-hybridized carbons (Fsp3) is 0.125. The highest BCUT2D eigenvalue weighted by molar-refractivity contribution is 5.94. The summed E-state index contributed by atoms with van der Waals surface area (Å²) in [7, 11) is 2.54. The molecule has 0 aliphatic heterocycles. The fourth-order valence-corrected chi connectivity index (χ4v) is 2.43. The minimum Gasteiger partial charge on any atom is -0.494 e. The number of hydrogen-bond donors (Lipinski definition) is 2. The van der Waals surface area contributed by atoms with E-state index in [1.807, 2.05) is 0 Å². The van der Waals surface area contributed by atoms with Crippen molar-refractivity contribution < 1.29 is 18.3 Å². The summed E-state index contributed by atoms with van der Waals surface area (Å²) in [5, 5.41) is 1.09. The van der Waals surface area contributed by atoms with Crippen LogP contribution in [0.2, 0.25) is 0 Å². The summed E-state index contributed by atoms with van der Waals surface area (Å²) in [6.07, 6.45) is 1.46. The van der Waals surface area contributed by atoms with E-state index in [0.717, 1.165) is 6.07 Å². The third kappa shape index (κ3) is 2.41. The van der Waals surface area contributed by atoms with Gasteiger partial charge in [0.25, 0.3) is 0 Å².